The second-order valence-electron chi connectivity index (χ2n) is 6.28. The zero-order valence-electron chi connectivity index (χ0n) is 12.2. The van der Waals surface area contributed by atoms with Crippen LogP contribution in [0.4, 0.5) is 0 Å². The first kappa shape index (κ1) is 12.9. The number of hydrogen-bond donors (Lipinski definition) is 1. The first-order valence-corrected chi connectivity index (χ1v) is 7.88. The fourth-order valence-electron chi connectivity index (χ4n) is 3.83. The largest absolute Gasteiger partial charge is 0.493 e. The van der Waals surface area contributed by atoms with Crippen molar-refractivity contribution in [2.24, 2.45) is 5.73 Å². The summed E-state index contributed by atoms with van der Waals surface area (Å²) in [5.41, 5.74) is 10.8. The number of benzene rings is 2. The zero-order chi connectivity index (χ0) is 14.2. The van der Waals surface area contributed by atoms with E-state index in [0.29, 0.717) is 11.8 Å². The Morgan fingerprint density at radius 2 is 1.81 bits per heavy atom. The predicted molar refractivity (Wildman–Crippen MR) is 84.8 cm³/mol. The molecule has 3 atom stereocenters. The van der Waals surface area contributed by atoms with Gasteiger partial charge in [0, 0.05) is 12.0 Å². The predicted octanol–water partition coefficient (Wildman–Crippen LogP) is 3.61. The van der Waals surface area contributed by atoms with Crippen LogP contribution >= 0.6 is 0 Å². The van der Waals surface area contributed by atoms with Crippen molar-refractivity contribution in [1.82, 2.24) is 0 Å². The van der Waals surface area contributed by atoms with Gasteiger partial charge in [0.1, 0.15) is 5.75 Å². The normalized spacial score (nSPS) is 24.2. The minimum Gasteiger partial charge on any atom is -0.493 e. The van der Waals surface area contributed by atoms with Crippen molar-refractivity contribution in [2.45, 2.75) is 37.1 Å². The van der Waals surface area contributed by atoms with E-state index in [2.05, 4.69) is 42.5 Å². The molecule has 1 aliphatic heterocycles. The molecule has 0 saturated carbocycles. The highest BCUT2D eigenvalue weighted by molar-refractivity contribution is 5.42. The van der Waals surface area contributed by atoms with Crippen molar-refractivity contribution < 1.29 is 4.74 Å². The Labute approximate surface area is 125 Å². The van der Waals surface area contributed by atoms with E-state index in [1.807, 2.05) is 6.07 Å². The Hall–Kier alpha value is -1.80. The molecule has 2 aromatic carbocycles. The van der Waals surface area contributed by atoms with Gasteiger partial charge < -0.3 is 10.5 Å². The molecule has 0 bridgehead atoms. The van der Waals surface area contributed by atoms with Crippen LogP contribution in [0.3, 0.4) is 0 Å². The van der Waals surface area contributed by atoms with Crippen molar-refractivity contribution in [3.63, 3.8) is 0 Å². The lowest BCUT2D eigenvalue weighted by molar-refractivity contribution is 0.254. The lowest BCUT2D eigenvalue weighted by atomic mass is 9.71. The number of fused-ring (bicyclic) bond motifs is 2. The SMILES string of the molecule is NC(CC1CCOc2ccccc21)C1Cc2ccccc21. The van der Waals surface area contributed by atoms with Crippen LogP contribution in [-0.4, -0.2) is 12.6 Å². The number of nitrogens with two attached hydrogens (primary N) is 1. The highest BCUT2D eigenvalue weighted by Crippen LogP contribution is 2.42. The van der Waals surface area contributed by atoms with Crippen LogP contribution in [0.1, 0.15) is 41.4 Å². The standard InChI is InChI=1S/C19H21NO/c20-18(17-11-13-5-1-2-6-15(13)17)12-14-9-10-21-19-8-4-3-7-16(14)19/h1-8,14,17-18H,9-12,20H2. The Morgan fingerprint density at radius 3 is 2.67 bits per heavy atom. The van der Waals surface area contributed by atoms with E-state index in [-0.39, 0.29) is 6.04 Å². The van der Waals surface area contributed by atoms with Crippen LogP contribution in [0.5, 0.6) is 5.75 Å². The summed E-state index contributed by atoms with van der Waals surface area (Å²) in [4.78, 5) is 0. The molecule has 108 valence electrons. The summed E-state index contributed by atoms with van der Waals surface area (Å²) in [7, 11) is 0. The second-order valence-corrected chi connectivity index (χ2v) is 6.28. The minimum atomic E-state index is 0.246. The van der Waals surface area contributed by atoms with E-state index in [0.717, 1.165) is 31.6 Å². The third-order valence-electron chi connectivity index (χ3n) is 5.05. The second kappa shape index (κ2) is 5.19. The highest BCUT2D eigenvalue weighted by atomic mass is 16.5. The summed E-state index contributed by atoms with van der Waals surface area (Å²) in [6, 6.07) is 17.4. The molecule has 0 amide bonds. The third kappa shape index (κ3) is 2.24. The van der Waals surface area contributed by atoms with Crippen molar-refractivity contribution in [2.75, 3.05) is 6.61 Å². The Balaban J connectivity index is 1.50. The number of para-hydroxylation sites is 1. The molecule has 0 fully saturated rings. The van der Waals surface area contributed by atoms with Gasteiger partial charge in [-0.3, -0.25) is 0 Å². The number of ether oxygens (including phenoxy) is 1. The molecule has 2 aliphatic rings. The van der Waals surface area contributed by atoms with Crippen LogP contribution in [0.25, 0.3) is 0 Å². The van der Waals surface area contributed by atoms with Gasteiger partial charge in [-0.25, -0.2) is 0 Å². The molecule has 2 N–H and O–H groups in total. The number of rotatable bonds is 3. The average molecular weight is 279 g/mol. The van der Waals surface area contributed by atoms with Gasteiger partial charge in [-0.1, -0.05) is 42.5 Å². The average Bonchev–Trinajstić information content (AvgIpc) is 2.49. The van der Waals surface area contributed by atoms with Crippen LogP contribution in [0.15, 0.2) is 48.5 Å². The molecule has 2 nitrogen and oxygen atoms in total. The zero-order valence-corrected chi connectivity index (χ0v) is 12.2. The van der Waals surface area contributed by atoms with Gasteiger partial charge in [0.15, 0.2) is 0 Å². The summed E-state index contributed by atoms with van der Waals surface area (Å²) < 4.78 is 5.75. The van der Waals surface area contributed by atoms with Gasteiger partial charge >= 0.3 is 0 Å². The Kier molecular flexibility index (Phi) is 3.19. The van der Waals surface area contributed by atoms with Crippen molar-refractivity contribution in [1.29, 1.82) is 0 Å². The molecular formula is C19H21NO. The van der Waals surface area contributed by atoms with Gasteiger partial charge in [0.2, 0.25) is 0 Å². The van der Waals surface area contributed by atoms with Gasteiger partial charge in [0.05, 0.1) is 6.61 Å². The quantitative estimate of drug-likeness (QED) is 0.931. The van der Waals surface area contributed by atoms with E-state index in [1.54, 1.807) is 0 Å². The molecule has 4 rings (SSSR count). The van der Waals surface area contributed by atoms with Crippen LogP contribution in [-0.2, 0) is 6.42 Å². The summed E-state index contributed by atoms with van der Waals surface area (Å²) in [6.45, 7) is 0.815. The molecule has 3 unspecified atom stereocenters. The molecule has 1 heterocycles. The summed E-state index contributed by atoms with van der Waals surface area (Å²) in [6.07, 6.45) is 3.28. The highest BCUT2D eigenvalue weighted by Gasteiger charge is 2.33. The molecule has 2 heteroatoms. The van der Waals surface area contributed by atoms with Crippen molar-refractivity contribution in [3.8, 4) is 5.75 Å². The number of hydrogen-bond acceptors (Lipinski definition) is 2. The summed E-state index contributed by atoms with van der Waals surface area (Å²) in [5.74, 6) is 2.13. The van der Waals surface area contributed by atoms with Gasteiger partial charge in [-0.15, -0.1) is 0 Å². The molecule has 0 radical (unpaired) electrons. The topological polar surface area (TPSA) is 35.2 Å². The van der Waals surface area contributed by atoms with E-state index in [4.69, 9.17) is 10.5 Å². The lowest BCUT2D eigenvalue weighted by Crippen LogP contribution is -2.37. The molecule has 2 aromatic rings. The monoisotopic (exact) mass is 279 g/mol. The van der Waals surface area contributed by atoms with Gasteiger partial charge in [0.25, 0.3) is 0 Å². The van der Waals surface area contributed by atoms with Gasteiger partial charge in [-0.2, -0.15) is 0 Å². The molecule has 0 saturated heterocycles. The first-order valence-electron chi connectivity index (χ1n) is 7.88. The smallest absolute Gasteiger partial charge is 0.122 e. The van der Waals surface area contributed by atoms with Gasteiger partial charge in [-0.05, 0) is 47.9 Å². The summed E-state index contributed by atoms with van der Waals surface area (Å²) >= 11 is 0. The Bertz CT molecular complexity index is 652. The molecular weight excluding hydrogens is 258 g/mol. The third-order valence-corrected chi connectivity index (χ3v) is 5.05. The maximum absolute atomic E-state index is 6.54. The van der Waals surface area contributed by atoms with E-state index < -0.39 is 0 Å². The maximum atomic E-state index is 6.54. The Morgan fingerprint density at radius 1 is 1.05 bits per heavy atom. The lowest BCUT2D eigenvalue weighted by Gasteiger charge is -2.37. The molecule has 0 aromatic heterocycles. The van der Waals surface area contributed by atoms with Crippen molar-refractivity contribution >= 4 is 0 Å². The van der Waals surface area contributed by atoms with Crippen LogP contribution in [0, 0.1) is 0 Å². The van der Waals surface area contributed by atoms with E-state index in [1.165, 1.54) is 16.7 Å². The molecule has 0 spiro atoms. The molecule has 1 aliphatic carbocycles. The first-order chi connectivity index (χ1) is 10.3. The maximum Gasteiger partial charge on any atom is 0.122 e. The van der Waals surface area contributed by atoms with Crippen molar-refractivity contribution in [3.05, 3.63) is 65.2 Å². The molecule has 21 heavy (non-hydrogen) atoms. The van der Waals surface area contributed by atoms with E-state index >= 15 is 0 Å². The van der Waals surface area contributed by atoms with Crippen LogP contribution < -0.4 is 10.5 Å². The fourth-order valence-corrected chi connectivity index (χ4v) is 3.83. The minimum absolute atomic E-state index is 0.246. The van der Waals surface area contributed by atoms with E-state index in [9.17, 15) is 0 Å². The van der Waals surface area contributed by atoms with Crippen LogP contribution in [0.2, 0.25) is 0 Å². The fraction of sp³-hybridized carbons (Fsp3) is 0.368. The summed E-state index contributed by atoms with van der Waals surface area (Å²) in [5, 5.41) is 0.